The van der Waals surface area contributed by atoms with E-state index in [1.807, 2.05) is 6.92 Å². The van der Waals surface area contributed by atoms with Gasteiger partial charge in [0.05, 0.1) is 0 Å². The van der Waals surface area contributed by atoms with Gasteiger partial charge in [-0.05, 0) is 26.2 Å². The lowest BCUT2D eigenvalue weighted by atomic mass is 10.0. The molecule has 2 unspecified atom stereocenters. The van der Waals surface area contributed by atoms with Gasteiger partial charge in [-0.15, -0.1) is 0 Å². The molecule has 0 aromatic carbocycles. The summed E-state index contributed by atoms with van der Waals surface area (Å²) >= 11 is 0. The van der Waals surface area contributed by atoms with Gasteiger partial charge in [-0.1, -0.05) is 12.8 Å². The lowest BCUT2D eigenvalue weighted by Gasteiger charge is -2.30. The highest BCUT2D eigenvalue weighted by atomic mass is 16.2. The van der Waals surface area contributed by atoms with Gasteiger partial charge < -0.3 is 15.5 Å². The zero-order valence-corrected chi connectivity index (χ0v) is 13.6. The maximum Gasteiger partial charge on any atom is 0.223 e. The van der Waals surface area contributed by atoms with Gasteiger partial charge in [0.15, 0.2) is 0 Å². The van der Waals surface area contributed by atoms with E-state index in [2.05, 4.69) is 10.6 Å². The standard InChI is InChI=1S/C16H27N3O3/c1-11(17-16(22)12-5-3-4-6-12)9-14(20)18-13-7-8-15(21)19(2)10-13/h11-13H,3-10H2,1-2H3,(H,17,22)(H,18,20). The molecule has 0 aromatic heterocycles. The van der Waals surface area contributed by atoms with Crippen LogP contribution < -0.4 is 10.6 Å². The molecule has 2 fully saturated rings. The second kappa shape index (κ2) is 7.61. The molecule has 22 heavy (non-hydrogen) atoms. The van der Waals surface area contributed by atoms with E-state index in [1.54, 1.807) is 11.9 Å². The number of hydrogen-bond donors (Lipinski definition) is 2. The predicted molar refractivity (Wildman–Crippen MR) is 83.0 cm³/mol. The zero-order chi connectivity index (χ0) is 16.1. The average Bonchev–Trinajstić information content (AvgIpc) is 2.96. The van der Waals surface area contributed by atoms with Crippen molar-refractivity contribution in [3.05, 3.63) is 0 Å². The second-order valence-corrected chi connectivity index (χ2v) is 6.67. The van der Waals surface area contributed by atoms with Crippen molar-refractivity contribution >= 4 is 17.7 Å². The van der Waals surface area contributed by atoms with Crippen LogP contribution >= 0.6 is 0 Å². The Bertz CT molecular complexity index is 432. The van der Waals surface area contributed by atoms with E-state index in [-0.39, 0.29) is 42.1 Å². The SMILES string of the molecule is CC(CC(=O)NC1CCC(=O)N(C)C1)NC(=O)C1CCCC1. The van der Waals surface area contributed by atoms with Gasteiger partial charge in [0.25, 0.3) is 0 Å². The number of carbonyl (C=O) groups is 3. The Kier molecular flexibility index (Phi) is 5.80. The fourth-order valence-electron chi connectivity index (χ4n) is 3.29. The van der Waals surface area contributed by atoms with Gasteiger partial charge >= 0.3 is 0 Å². The largest absolute Gasteiger partial charge is 0.353 e. The highest BCUT2D eigenvalue weighted by Crippen LogP contribution is 2.24. The Morgan fingerprint density at radius 2 is 1.95 bits per heavy atom. The molecule has 1 aliphatic carbocycles. The van der Waals surface area contributed by atoms with Crippen LogP contribution in [0.25, 0.3) is 0 Å². The number of rotatable bonds is 5. The summed E-state index contributed by atoms with van der Waals surface area (Å²) in [5, 5.41) is 5.90. The quantitative estimate of drug-likeness (QED) is 0.789. The van der Waals surface area contributed by atoms with Crippen LogP contribution in [0.15, 0.2) is 0 Å². The van der Waals surface area contributed by atoms with Crippen LogP contribution in [0.1, 0.15) is 51.9 Å². The third-order valence-corrected chi connectivity index (χ3v) is 4.60. The zero-order valence-electron chi connectivity index (χ0n) is 13.6. The first-order valence-electron chi connectivity index (χ1n) is 8.29. The second-order valence-electron chi connectivity index (χ2n) is 6.67. The summed E-state index contributed by atoms with van der Waals surface area (Å²) in [6.07, 6.45) is 5.64. The molecule has 2 atom stereocenters. The Hall–Kier alpha value is -1.59. The Labute approximate surface area is 132 Å². The van der Waals surface area contributed by atoms with Crippen molar-refractivity contribution in [3.63, 3.8) is 0 Å². The molecule has 6 heteroatoms. The molecule has 1 aliphatic heterocycles. The molecule has 2 N–H and O–H groups in total. The third-order valence-electron chi connectivity index (χ3n) is 4.60. The number of piperidine rings is 1. The van der Waals surface area contributed by atoms with Crippen molar-refractivity contribution in [2.45, 2.75) is 64.0 Å². The smallest absolute Gasteiger partial charge is 0.223 e. The number of amides is 3. The Balaban J connectivity index is 1.69. The van der Waals surface area contributed by atoms with Crippen LogP contribution in [0.4, 0.5) is 0 Å². The van der Waals surface area contributed by atoms with Crippen molar-refractivity contribution in [1.29, 1.82) is 0 Å². The number of hydrogen-bond acceptors (Lipinski definition) is 3. The monoisotopic (exact) mass is 309 g/mol. The van der Waals surface area contributed by atoms with Crippen molar-refractivity contribution in [2.75, 3.05) is 13.6 Å². The predicted octanol–water partition coefficient (Wildman–Crippen LogP) is 0.808. The molecular formula is C16H27N3O3. The lowest BCUT2D eigenvalue weighted by molar-refractivity contribution is -0.134. The molecule has 3 amide bonds. The lowest BCUT2D eigenvalue weighted by Crippen LogP contribution is -2.49. The van der Waals surface area contributed by atoms with Gasteiger partial charge in [-0.3, -0.25) is 14.4 Å². The molecule has 6 nitrogen and oxygen atoms in total. The van der Waals surface area contributed by atoms with Crippen molar-refractivity contribution in [3.8, 4) is 0 Å². The molecule has 2 rings (SSSR count). The van der Waals surface area contributed by atoms with Crippen LogP contribution in [-0.4, -0.2) is 48.3 Å². The molecule has 124 valence electrons. The first-order valence-corrected chi connectivity index (χ1v) is 8.29. The highest BCUT2D eigenvalue weighted by Gasteiger charge is 2.26. The van der Waals surface area contributed by atoms with Gasteiger partial charge in [-0.25, -0.2) is 0 Å². The van der Waals surface area contributed by atoms with Crippen molar-refractivity contribution in [2.24, 2.45) is 5.92 Å². The van der Waals surface area contributed by atoms with Crippen LogP contribution in [0.5, 0.6) is 0 Å². The molecule has 0 bridgehead atoms. The Morgan fingerprint density at radius 3 is 2.59 bits per heavy atom. The van der Waals surface area contributed by atoms with E-state index in [9.17, 15) is 14.4 Å². The van der Waals surface area contributed by atoms with E-state index in [0.717, 1.165) is 25.7 Å². The summed E-state index contributed by atoms with van der Waals surface area (Å²) in [6, 6.07) is -0.135. The molecule has 2 aliphatic rings. The fraction of sp³-hybridized carbons (Fsp3) is 0.812. The number of likely N-dealkylation sites (N-methyl/N-ethyl adjacent to an activating group) is 1. The van der Waals surface area contributed by atoms with Crippen LogP contribution in [0.2, 0.25) is 0 Å². The minimum absolute atomic E-state index is 0.0212. The van der Waals surface area contributed by atoms with Crippen LogP contribution in [0.3, 0.4) is 0 Å². The molecular weight excluding hydrogens is 282 g/mol. The first kappa shape index (κ1) is 16.8. The summed E-state index contributed by atoms with van der Waals surface area (Å²) in [4.78, 5) is 37.1. The maximum absolute atomic E-state index is 12.0. The van der Waals surface area contributed by atoms with E-state index in [4.69, 9.17) is 0 Å². The van der Waals surface area contributed by atoms with Crippen LogP contribution in [-0.2, 0) is 14.4 Å². The van der Waals surface area contributed by atoms with E-state index in [0.29, 0.717) is 19.4 Å². The maximum atomic E-state index is 12.0. The number of likely N-dealkylation sites (tertiary alicyclic amines) is 1. The summed E-state index contributed by atoms with van der Waals surface area (Å²) in [5.41, 5.74) is 0. The van der Waals surface area contributed by atoms with Gasteiger partial charge in [0.1, 0.15) is 0 Å². The normalized spacial score (nSPS) is 24.2. The summed E-state index contributed by atoms with van der Waals surface area (Å²) in [6.45, 7) is 2.43. The average molecular weight is 309 g/mol. The highest BCUT2D eigenvalue weighted by molar-refractivity contribution is 5.82. The molecule has 1 heterocycles. The molecule has 0 spiro atoms. The summed E-state index contributed by atoms with van der Waals surface area (Å²) in [5.74, 6) is 0.277. The van der Waals surface area contributed by atoms with Gasteiger partial charge in [0, 0.05) is 44.4 Å². The van der Waals surface area contributed by atoms with Crippen LogP contribution in [0, 0.1) is 5.92 Å². The minimum Gasteiger partial charge on any atom is -0.353 e. The number of nitrogens with one attached hydrogen (secondary N) is 2. The van der Waals surface area contributed by atoms with E-state index >= 15 is 0 Å². The van der Waals surface area contributed by atoms with Gasteiger partial charge in [-0.2, -0.15) is 0 Å². The Morgan fingerprint density at radius 1 is 1.27 bits per heavy atom. The molecule has 0 aromatic rings. The molecule has 1 saturated heterocycles. The van der Waals surface area contributed by atoms with E-state index < -0.39 is 0 Å². The molecule has 1 saturated carbocycles. The van der Waals surface area contributed by atoms with Crippen molar-refractivity contribution in [1.82, 2.24) is 15.5 Å². The number of carbonyl (C=O) groups excluding carboxylic acids is 3. The summed E-state index contributed by atoms with van der Waals surface area (Å²) in [7, 11) is 1.76. The van der Waals surface area contributed by atoms with E-state index in [1.165, 1.54) is 0 Å². The fourth-order valence-corrected chi connectivity index (χ4v) is 3.29. The molecule has 0 radical (unpaired) electrons. The topological polar surface area (TPSA) is 78.5 Å². The number of nitrogens with zero attached hydrogens (tertiary/aromatic N) is 1. The minimum atomic E-state index is -0.156. The first-order chi connectivity index (χ1) is 10.5. The van der Waals surface area contributed by atoms with Gasteiger partial charge in [0.2, 0.25) is 17.7 Å². The summed E-state index contributed by atoms with van der Waals surface area (Å²) < 4.78 is 0. The van der Waals surface area contributed by atoms with Crippen molar-refractivity contribution < 1.29 is 14.4 Å². The third kappa shape index (κ3) is 4.71.